The molecule has 0 aliphatic heterocycles. The summed E-state index contributed by atoms with van der Waals surface area (Å²) >= 11 is 0. The first-order valence-electron chi connectivity index (χ1n) is 6.14. The first-order chi connectivity index (χ1) is 8.22. The summed E-state index contributed by atoms with van der Waals surface area (Å²) in [5, 5.41) is 2.91. The Hall–Kier alpha value is -1.64. The summed E-state index contributed by atoms with van der Waals surface area (Å²) in [4.78, 5) is 16.3. The van der Waals surface area contributed by atoms with Crippen molar-refractivity contribution in [1.82, 2.24) is 4.98 Å². The van der Waals surface area contributed by atoms with E-state index in [2.05, 4.69) is 22.5 Å². The Morgan fingerprint density at radius 3 is 2.82 bits per heavy atom. The molecule has 2 aliphatic rings. The molecule has 1 N–H and O–H groups in total. The van der Waals surface area contributed by atoms with Crippen molar-refractivity contribution in [2.45, 2.75) is 19.8 Å². The van der Waals surface area contributed by atoms with Crippen molar-refractivity contribution in [3.05, 3.63) is 36.0 Å². The Labute approximate surface area is 101 Å². The number of aromatic nitrogens is 1. The van der Waals surface area contributed by atoms with Gasteiger partial charge in [0.25, 0.3) is 0 Å². The number of amides is 1. The number of rotatable bonds is 2. The summed E-state index contributed by atoms with van der Waals surface area (Å²) in [6.45, 7) is 1.99. The molecule has 1 fully saturated rings. The van der Waals surface area contributed by atoms with Gasteiger partial charge in [0.05, 0.1) is 0 Å². The zero-order chi connectivity index (χ0) is 11.8. The molecule has 0 radical (unpaired) electrons. The Morgan fingerprint density at radius 1 is 1.35 bits per heavy atom. The number of carbonyl (C=O) groups excluding carboxylic acids is 1. The van der Waals surface area contributed by atoms with Gasteiger partial charge in [-0.3, -0.25) is 4.79 Å². The van der Waals surface area contributed by atoms with Crippen LogP contribution >= 0.6 is 0 Å². The molecule has 1 aromatic heterocycles. The number of pyridine rings is 1. The molecular weight excluding hydrogens is 212 g/mol. The first-order valence-corrected chi connectivity index (χ1v) is 6.14. The van der Waals surface area contributed by atoms with Crippen LogP contribution in [0.15, 0.2) is 30.5 Å². The quantitative estimate of drug-likeness (QED) is 0.790. The average Bonchev–Trinajstić information content (AvgIpc) is 2.94. The summed E-state index contributed by atoms with van der Waals surface area (Å²) in [7, 11) is 0. The van der Waals surface area contributed by atoms with E-state index >= 15 is 0 Å². The van der Waals surface area contributed by atoms with Gasteiger partial charge in [0.1, 0.15) is 5.82 Å². The second-order valence-electron chi connectivity index (χ2n) is 5.10. The zero-order valence-electron chi connectivity index (χ0n) is 9.89. The maximum Gasteiger partial charge on any atom is 0.229 e. The topological polar surface area (TPSA) is 42.0 Å². The van der Waals surface area contributed by atoms with Crippen LogP contribution in [0.3, 0.4) is 0 Å². The third-order valence-electron chi connectivity index (χ3n) is 3.78. The molecule has 0 saturated heterocycles. The summed E-state index contributed by atoms with van der Waals surface area (Å²) in [5.74, 6) is 2.01. The molecule has 1 amide bonds. The molecule has 2 bridgehead atoms. The van der Waals surface area contributed by atoms with Crippen LogP contribution in [-0.2, 0) is 4.79 Å². The monoisotopic (exact) mass is 228 g/mol. The lowest BCUT2D eigenvalue weighted by molar-refractivity contribution is -0.120. The van der Waals surface area contributed by atoms with Gasteiger partial charge in [-0.05, 0) is 43.2 Å². The maximum atomic E-state index is 12.1. The third-order valence-corrected chi connectivity index (χ3v) is 3.78. The van der Waals surface area contributed by atoms with Gasteiger partial charge in [0.15, 0.2) is 0 Å². The van der Waals surface area contributed by atoms with Crippen LogP contribution in [0, 0.1) is 24.7 Å². The second-order valence-corrected chi connectivity index (χ2v) is 5.10. The van der Waals surface area contributed by atoms with Crippen molar-refractivity contribution in [2.75, 3.05) is 5.32 Å². The predicted octanol–water partition coefficient (Wildman–Crippen LogP) is 2.54. The molecule has 17 heavy (non-hydrogen) atoms. The highest BCUT2D eigenvalue weighted by Crippen LogP contribution is 2.43. The molecular formula is C14H16N2O. The largest absolute Gasteiger partial charge is 0.310 e. The zero-order valence-corrected chi connectivity index (χ0v) is 9.89. The van der Waals surface area contributed by atoms with E-state index in [-0.39, 0.29) is 11.8 Å². The molecule has 88 valence electrons. The van der Waals surface area contributed by atoms with Crippen LogP contribution in [0.1, 0.15) is 18.4 Å². The van der Waals surface area contributed by atoms with E-state index < -0.39 is 0 Å². The Balaban J connectivity index is 1.68. The van der Waals surface area contributed by atoms with E-state index in [1.807, 2.05) is 19.1 Å². The number of carbonyl (C=O) groups is 1. The van der Waals surface area contributed by atoms with Crippen molar-refractivity contribution >= 4 is 11.7 Å². The van der Waals surface area contributed by atoms with Gasteiger partial charge in [0.2, 0.25) is 5.91 Å². The van der Waals surface area contributed by atoms with Crippen molar-refractivity contribution in [2.24, 2.45) is 17.8 Å². The van der Waals surface area contributed by atoms with Crippen LogP contribution in [-0.4, -0.2) is 10.9 Å². The number of aryl methyl sites for hydroxylation is 1. The van der Waals surface area contributed by atoms with Crippen LogP contribution in [0.25, 0.3) is 0 Å². The normalized spacial score (nSPS) is 29.6. The number of hydrogen-bond acceptors (Lipinski definition) is 2. The number of fused-ring (bicyclic) bond motifs is 2. The lowest BCUT2D eigenvalue weighted by Crippen LogP contribution is -2.26. The van der Waals surface area contributed by atoms with E-state index in [0.717, 1.165) is 18.4 Å². The first kappa shape index (κ1) is 10.5. The smallest absolute Gasteiger partial charge is 0.229 e. The van der Waals surface area contributed by atoms with Crippen LogP contribution in [0.4, 0.5) is 5.82 Å². The van der Waals surface area contributed by atoms with Crippen molar-refractivity contribution < 1.29 is 4.79 Å². The highest BCUT2D eigenvalue weighted by Gasteiger charge is 2.39. The molecule has 1 heterocycles. The Kier molecular flexibility index (Phi) is 2.46. The molecule has 3 rings (SSSR count). The van der Waals surface area contributed by atoms with E-state index in [1.165, 1.54) is 0 Å². The van der Waals surface area contributed by atoms with Gasteiger partial charge >= 0.3 is 0 Å². The molecule has 0 aromatic carbocycles. The fourth-order valence-corrected chi connectivity index (χ4v) is 2.84. The molecule has 1 aromatic rings. The summed E-state index contributed by atoms with van der Waals surface area (Å²) in [6.07, 6.45) is 8.37. The van der Waals surface area contributed by atoms with Gasteiger partial charge in [-0.25, -0.2) is 4.98 Å². The SMILES string of the molecule is Cc1ccc(NC(=O)[C@@H]2C[C@H]3C=C[C@H]2C3)nc1. The number of nitrogens with zero attached hydrogens (tertiary/aromatic N) is 1. The van der Waals surface area contributed by atoms with Gasteiger partial charge < -0.3 is 5.32 Å². The lowest BCUT2D eigenvalue weighted by atomic mass is 9.93. The standard InChI is InChI=1S/C14H16N2O/c1-9-2-5-13(15-8-9)16-14(17)12-7-10-3-4-11(12)6-10/h2-5,8,10-12H,6-7H2,1H3,(H,15,16,17)/t10-,11-,12+/m0/s1. The third kappa shape index (κ3) is 1.97. The minimum Gasteiger partial charge on any atom is -0.310 e. The molecule has 0 unspecified atom stereocenters. The predicted molar refractivity (Wildman–Crippen MR) is 66.4 cm³/mol. The van der Waals surface area contributed by atoms with E-state index in [9.17, 15) is 4.79 Å². The van der Waals surface area contributed by atoms with Crippen molar-refractivity contribution in [1.29, 1.82) is 0 Å². The minimum absolute atomic E-state index is 0.123. The van der Waals surface area contributed by atoms with Crippen LogP contribution < -0.4 is 5.32 Å². The summed E-state index contributed by atoms with van der Waals surface area (Å²) < 4.78 is 0. The molecule has 1 saturated carbocycles. The highest BCUT2D eigenvalue weighted by atomic mass is 16.2. The average molecular weight is 228 g/mol. The van der Waals surface area contributed by atoms with E-state index in [4.69, 9.17) is 0 Å². The van der Waals surface area contributed by atoms with Crippen molar-refractivity contribution in [3.63, 3.8) is 0 Å². The maximum absolute atomic E-state index is 12.1. The van der Waals surface area contributed by atoms with Crippen LogP contribution in [0.5, 0.6) is 0 Å². The van der Waals surface area contributed by atoms with Gasteiger partial charge in [0, 0.05) is 12.1 Å². The minimum atomic E-state index is 0.123. The van der Waals surface area contributed by atoms with Gasteiger partial charge in [-0.1, -0.05) is 18.2 Å². The van der Waals surface area contributed by atoms with Gasteiger partial charge in [-0.15, -0.1) is 0 Å². The number of allylic oxidation sites excluding steroid dienone is 2. The van der Waals surface area contributed by atoms with Gasteiger partial charge in [-0.2, -0.15) is 0 Å². The van der Waals surface area contributed by atoms with E-state index in [0.29, 0.717) is 17.7 Å². The Bertz CT molecular complexity index is 464. The fraction of sp³-hybridized carbons (Fsp3) is 0.429. The Morgan fingerprint density at radius 2 is 2.24 bits per heavy atom. The summed E-state index contributed by atoms with van der Waals surface area (Å²) in [6, 6.07) is 3.82. The molecule has 0 spiro atoms. The molecule has 3 nitrogen and oxygen atoms in total. The number of nitrogens with one attached hydrogen (secondary N) is 1. The fourth-order valence-electron chi connectivity index (χ4n) is 2.84. The number of anilines is 1. The van der Waals surface area contributed by atoms with Crippen molar-refractivity contribution in [3.8, 4) is 0 Å². The second kappa shape index (κ2) is 3.99. The number of hydrogen-bond donors (Lipinski definition) is 1. The van der Waals surface area contributed by atoms with Crippen LogP contribution in [0.2, 0.25) is 0 Å². The van der Waals surface area contributed by atoms with E-state index in [1.54, 1.807) is 6.20 Å². The molecule has 3 heteroatoms. The lowest BCUT2D eigenvalue weighted by Gasteiger charge is -2.17. The molecule has 3 atom stereocenters. The summed E-state index contributed by atoms with van der Waals surface area (Å²) in [5.41, 5.74) is 1.10. The molecule has 2 aliphatic carbocycles. The highest BCUT2D eigenvalue weighted by molar-refractivity contribution is 5.92.